The molecule has 2 aromatic rings. The van der Waals surface area contributed by atoms with Crippen LogP contribution in [0, 0.1) is 17.2 Å². The first kappa shape index (κ1) is 22.4. The van der Waals surface area contributed by atoms with Crippen LogP contribution < -0.4 is 5.56 Å². The molecule has 0 aliphatic heterocycles. The SMILES string of the molecule is CC(C)CCn1c(SCC(=O)N(C)C2(C#N)CCCCC2)nc2ccccc2c1=O. The summed E-state index contributed by atoms with van der Waals surface area (Å²) in [6, 6.07) is 9.73. The molecular weight excluding hydrogens is 396 g/mol. The number of nitrogens with zero attached hydrogens (tertiary/aromatic N) is 4. The van der Waals surface area contributed by atoms with E-state index in [0.29, 0.717) is 28.5 Å². The topological polar surface area (TPSA) is 79.0 Å². The second kappa shape index (κ2) is 9.65. The molecule has 1 aromatic carbocycles. The van der Waals surface area contributed by atoms with Crippen molar-refractivity contribution in [3.05, 3.63) is 34.6 Å². The summed E-state index contributed by atoms with van der Waals surface area (Å²) in [6.07, 6.45) is 5.37. The van der Waals surface area contributed by atoms with Crippen LogP contribution in [-0.2, 0) is 11.3 Å². The molecule has 0 unspecified atom stereocenters. The Morgan fingerprint density at radius 3 is 2.67 bits per heavy atom. The summed E-state index contributed by atoms with van der Waals surface area (Å²) in [6.45, 7) is 4.81. The summed E-state index contributed by atoms with van der Waals surface area (Å²) in [7, 11) is 1.73. The van der Waals surface area contributed by atoms with E-state index in [9.17, 15) is 14.9 Å². The Balaban J connectivity index is 1.83. The maximum atomic E-state index is 13.1. The van der Waals surface area contributed by atoms with Gasteiger partial charge in [0.15, 0.2) is 5.16 Å². The van der Waals surface area contributed by atoms with Crippen LogP contribution in [0.15, 0.2) is 34.2 Å². The van der Waals surface area contributed by atoms with Crippen LogP contribution in [0.2, 0.25) is 0 Å². The molecule has 1 saturated carbocycles. The minimum absolute atomic E-state index is 0.0645. The number of carbonyl (C=O) groups excluding carboxylic acids is 1. The van der Waals surface area contributed by atoms with Crippen molar-refractivity contribution >= 4 is 28.6 Å². The molecule has 1 aliphatic carbocycles. The molecule has 0 atom stereocenters. The number of carbonyl (C=O) groups is 1. The fourth-order valence-electron chi connectivity index (χ4n) is 3.96. The van der Waals surface area contributed by atoms with Crippen molar-refractivity contribution in [2.45, 2.75) is 69.6 Å². The molecule has 6 nitrogen and oxygen atoms in total. The zero-order valence-electron chi connectivity index (χ0n) is 18.1. The number of thioether (sulfide) groups is 1. The highest BCUT2D eigenvalue weighted by molar-refractivity contribution is 7.99. The number of hydrogen-bond acceptors (Lipinski definition) is 5. The van der Waals surface area contributed by atoms with Crippen molar-refractivity contribution in [3.8, 4) is 6.07 Å². The first-order chi connectivity index (χ1) is 14.4. The van der Waals surface area contributed by atoms with Crippen LogP contribution in [0.1, 0.15) is 52.4 Å². The van der Waals surface area contributed by atoms with Gasteiger partial charge in [-0.3, -0.25) is 14.2 Å². The van der Waals surface area contributed by atoms with Gasteiger partial charge in [0.05, 0.1) is 22.7 Å². The summed E-state index contributed by atoms with van der Waals surface area (Å²) in [5.41, 5.74) is -0.123. The van der Waals surface area contributed by atoms with Gasteiger partial charge in [-0.15, -0.1) is 0 Å². The smallest absolute Gasteiger partial charge is 0.262 e. The van der Waals surface area contributed by atoms with E-state index < -0.39 is 5.54 Å². The number of fused-ring (bicyclic) bond motifs is 1. The van der Waals surface area contributed by atoms with Crippen molar-refractivity contribution in [1.29, 1.82) is 5.26 Å². The normalized spacial score (nSPS) is 15.8. The lowest BCUT2D eigenvalue weighted by Crippen LogP contribution is -2.50. The molecule has 0 saturated heterocycles. The van der Waals surface area contributed by atoms with Crippen molar-refractivity contribution in [2.75, 3.05) is 12.8 Å². The molecule has 30 heavy (non-hydrogen) atoms. The largest absolute Gasteiger partial charge is 0.326 e. The minimum atomic E-state index is -0.704. The van der Waals surface area contributed by atoms with E-state index >= 15 is 0 Å². The monoisotopic (exact) mass is 426 g/mol. The zero-order valence-corrected chi connectivity index (χ0v) is 18.9. The van der Waals surface area contributed by atoms with Gasteiger partial charge in [0, 0.05) is 13.6 Å². The van der Waals surface area contributed by atoms with E-state index in [1.54, 1.807) is 22.6 Å². The third kappa shape index (κ3) is 4.70. The fourth-order valence-corrected chi connectivity index (χ4v) is 4.90. The van der Waals surface area contributed by atoms with Gasteiger partial charge in [-0.1, -0.05) is 57.0 Å². The maximum Gasteiger partial charge on any atom is 0.262 e. The zero-order chi connectivity index (χ0) is 21.7. The second-order valence-electron chi connectivity index (χ2n) is 8.50. The molecule has 0 radical (unpaired) electrons. The Kier molecular flexibility index (Phi) is 7.19. The molecule has 1 amide bonds. The Bertz CT molecular complexity index is 1000. The van der Waals surface area contributed by atoms with Crippen LogP contribution in [-0.4, -0.2) is 38.7 Å². The van der Waals surface area contributed by atoms with Gasteiger partial charge in [-0.2, -0.15) is 5.26 Å². The van der Waals surface area contributed by atoms with Crippen LogP contribution in [0.5, 0.6) is 0 Å². The predicted octanol–water partition coefficient (Wildman–Crippen LogP) is 4.22. The highest BCUT2D eigenvalue weighted by Gasteiger charge is 2.38. The van der Waals surface area contributed by atoms with E-state index in [0.717, 1.165) is 38.5 Å². The number of amides is 1. The third-order valence-electron chi connectivity index (χ3n) is 5.99. The summed E-state index contributed by atoms with van der Waals surface area (Å²) in [5, 5.41) is 10.9. The maximum absolute atomic E-state index is 13.1. The summed E-state index contributed by atoms with van der Waals surface area (Å²) < 4.78 is 1.70. The molecular formula is C23H30N4O2S. The first-order valence-corrected chi connectivity index (χ1v) is 11.7. The number of rotatable bonds is 7. The van der Waals surface area contributed by atoms with Gasteiger partial charge in [-0.25, -0.2) is 4.98 Å². The number of para-hydroxylation sites is 1. The molecule has 1 aliphatic rings. The quantitative estimate of drug-likeness (QED) is 0.489. The van der Waals surface area contributed by atoms with E-state index in [4.69, 9.17) is 0 Å². The summed E-state index contributed by atoms with van der Waals surface area (Å²) >= 11 is 1.29. The molecule has 0 bridgehead atoms. The minimum Gasteiger partial charge on any atom is -0.326 e. The van der Waals surface area contributed by atoms with Crippen molar-refractivity contribution in [1.82, 2.24) is 14.5 Å². The molecule has 1 fully saturated rings. The van der Waals surface area contributed by atoms with Gasteiger partial charge >= 0.3 is 0 Å². The standard InChI is InChI=1S/C23H30N4O2S/c1-17(2)11-14-27-21(29)18-9-5-6-10-19(18)25-22(27)30-15-20(28)26(3)23(16-24)12-7-4-8-13-23/h5-6,9-10,17H,4,7-8,11-15H2,1-3H3. The molecule has 0 N–H and O–H groups in total. The Morgan fingerprint density at radius 2 is 2.00 bits per heavy atom. The second-order valence-corrected chi connectivity index (χ2v) is 9.44. The summed E-state index contributed by atoms with van der Waals surface area (Å²) in [5.74, 6) is 0.517. The van der Waals surface area contributed by atoms with Gasteiger partial charge in [0.25, 0.3) is 5.56 Å². The van der Waals surface area contributed by atoms with Gasteiger partial charge < -0.3 is 4.90 Å². The lowest BCUT2D eigenvalue weighted by molar-refractivity contribution is -0.131. The molecule has 3 rings (SSSR count). The highest BCUT2D eigenvalue weighted by Crippen LogP contribution is 2.33. The molecule has 7 heteroatoms. The van der Waals surface area contributed by atoms with Gasteiger partial charge in [0.1, 0.15) is 5.54 Å². The average Bonchev–Trinajstić information content (AvgIpc) is 2.76. The number of benzene rings is 1. The Morgan fingerprint density at radius 1 is 1.30 bits per heavy atom. The Hall–Kier alpha value is -2.33. The van der Waals surface area contributed by atoms with Crippen molar-refractivity contribution < 1.29 is 4.79 Å². The summed E-state index contributed by atoms with van der Waals surface area (Å²) in [4.78, 5) is 32.3. The van der Waals surface area contributed by atoms with Crippen LogP contribution in [0.3, 0.4) is 0 Å². The number of hydrogen-bond donors (Lipinski definition) is 0. The van der Waals surface area contributed by atoms with Crippen LogP contribution in [0.25, 0.3) is 10.9 Å². The fraction of sp³-hybridized carbons (Fsp3) is 0.565. The predicted molar refractivity (Wildman–Crippen MR) is 120 cm³/mol. The van der Waals surface area contributed by atoms with Gasteiger partial charge in [0.2, 0.25) is 5.91 Å². The van der Waals surface area contributed by atoms with E-state index in [2.05, 4.69) is 24.9 Å². The van der Waals surface area contributed by atoms with Crippen LogP contribution in [0.4, 0.5) is 0 Å². The lowest BCUT2D eigenvalue weighted by atomic mass is 9.81. The Labute approximate surface area is 182 Å². The average molecular weight is 427 g/mol. The van der Waals surface area contributed by atoms with E-state index in [1.807, 2.05) is 18.2 Å². The van der Waals surface area contributed by atoms with E-state index in [-0.39, 0.29) is 17.2 Å². The molecule has 0 spiro atoms. The number of nitriles is 1. The molecule has 1 heterocycles. The molecule has 1 aromatic heterocycles. The van der Waals surface area contributed by atoms with Crippen molar-refractivity contribution in [3.63, 3.8) is 0 Å². The lowest BCUT2D eigenvalue weighted by Gasteiger charge is -2.39. The van der Waals surface area contributed by atoms with Crippen molar-refractivity contribution in [2.24, 2.45) is 5.92 Å². The highest BCUT2D eigenvalue weighted by atomic mass is 32.2. The first-order valence-electron chi connectivity index (χ1n) is 10.7. The van der Waals surface area contributed by atoms with Crippen LogP contribution >= 0.6 is 11.8 Å². The molecule has 160 valence electrons. The number of aromatic nitrogens is 2. The van der Waals surface area contributed by atoms with Gasteiger partial charge in [-0.05, 0) is 37.3 Å². The van der Waals surface area contributed by atoms with E-state index in [1.165, 1.54) is 11.8 Å². The third-order valence-corrected chi connectivity index (χ3v) is 6.95.